The van der Waals surface area contributed by atoms with Crippen LogP contribution in [0.25, 0.3) is 0 Å². The molecular weight excluding hydrogens is 278 g/mol. The van der Waals surface area contributed by atoms with Crippen molar-refractivity contribution in [1.82, 2.24) is 10.3 Å². The van der Waals surface area contributed by atoms with Crippen LogP contribution in [0.15, 0.2) is 55.1 Å². The van der Waals surface area contributed by atoms with Gasteiger partial charge in [0.1, 0.15) is 11.4 Å². The summed E-state index contributed by atoms with van der Waals surface area (Å²) >= 11 is 0. The summed E-state index contributed by atoms with van der Waals surface area (Å²) in [7, 11) is 0. The van der Waals surface area contributed by atoms with E-state index in [4.69, 9.17) is 0 Å². The maximum Gasteiger partial charge on any atom is 0.274 e. The number of carbonyl (C=O) groups is 2. The van der Waals surface area contributed by atoms with Crippen molar-refractivity contribution in [3.05, 3.63) is 72.1 Å². The molecule has 0 aliphatic heterocycles. The number of benzene rings is 1. The van der Waals surface area contributed by atoms with E-state index in [0.29, 0.717) is 12.2 Å². The molecule has 5 nitrogen and oxygen atoms in total. The second-order valence-electron chi connectivity index (χ2n) is 4.73. The zero-order valence-electron chi connectivity index (χ0n) is 12.3. The summed E-state index contributed by atoms with van der Waals surface area (Å²) in [6.07, 6.45) is 1.58. The smallest absolute Gasteiger partial charge is 0.274 e. The lowest BCUT2D eigenvalue weighted by Crippen LogP contribution is -2.25. The van der Waals surface area contributed by atoms with Crippen LogP contribution in [-0.2, 0) is 0 Å². The quantitative estimate of drug-likeness (QED) is 0.833. The summed E-state index contributed by atoms with van der Waals surface area (Å²) in [5, 5.41) is 5.38. The maximum atomic E-state index is 12.2. The Kier molecular flexibility index (Phi) is 5.03. The number of aryl methyl sites for hydroxylation is 1. The van der Waals surface area contributed by atoms with Crippen LogP contribution in [0.4, 0.5) is 5.69 Å². The monoisotopic (exact) mass is 295 g/mol. The first-order chi connectivity index (χ1) is 10.6. The standard InChI is InChI=1S/C17H17N3O2/c1-3-10-18-16(21)14-8-5-9-15(20-14)17(22)19-13-7-4-6-12(2)11-13/h3-9,11H,1,10H2,2H3,(H,18,21)(H,19,22). The molecule has 1 aromatic heterocycles. The maximum absolute atomic E-state index is 12.2. The summed E-state index contributed by atoms with van der Waals surface area (Å²) < 4.78 is 0. The third-order valence-corrected chi connectivity index (χ3v) is 2.90. The molecule has 1 heterocycles. The van der Waals surface area contributed by atoms with Gasteiger partial charge in [0.25, 0.3) is 11.8 Å². The van der Waals surface area contributed by atoms with Gasteiger partial charge in [0, 0.05) is 12.2 Å². The van der Waals surface area contributed by atoms with Gasteiger partial charge in [-0.3, -0.25) is 9.59 Å². The van der Waals surface area contributed by atoms with Crippen LogP contribution in [0, 0.1) is 6.92 Å². The fourth-order valence-electron chi connectivity index (χ4n) is 1.86. The molecular formula is C17H17N3O2. The largest absolute Gasteiger partial charge is 0.347 e. The van der Waals surface area contributed by atoms with E-state index in [9.17, 15) is 9.59 Å². The fourth-order valence-corrected chi connectivity index (χ4v) is 1.86. The third-order valence-electron chi connectivity index (χ3n) is 2.90. The Labute approximate surface area is 129 Å². The minimum Gasteiger partial charge on any atom is -0.347 e. The molecule has 2 amide bonds. The van der Waals surface area contributed by atoms with Gasteiger partial charge in [0.2, 0.25) is 0 Å². The average Bonchev–Trinajstić information content (AvgIpc) is 2.52. The Balaban J connectivity index is 2.13. The predicted molar refractivity (Wildman–Crippen MR) is 85.9 cm³/mol. The summed E-state index contributed by atoms with van der Waals surface area (Å²) in [6, 6.07) is 12.2. The lowest BCUT2D eigenvalue weighted by Gasteiger charge is -2.07. The Morgan fingerprint density at radius 1 is 1.14 bits per heavy atom. The number of rotatable bonds is 5. The van der Waals surface area contributed by atoms with Gasteiger partial charge < -0.3 is 10.6 Å². The molecule has 1 aromatic carbocycles. The van der Waals surface area contributed by atoms with Crippen molar-refractivity contribution in [2.75, 3.05) is 11.9 Å². The first-order valence-corrected chi connectivity index (χ1v) is 6.84. The van der Waals surface area contributed by atoms with E-state index < -0.39 is 0 Å². The molecule has 0 radical (unpaired) electrons. The van der Waals surface area contributed by atoms with Crippen molar-refractivity contribution in [2.45, 2.75) is 6.92 Å². The van der Waals surface area contributed by atoms with Crippen LogP contribution >= 0.6 is 0 Å². The van der Waals surface area contributed by atoms with Crippen LogP contribution in [0.3, 0.4) is 0 Å². The van der Waals surface area contributed by atoms with Crippen LogP contribution < -0.4 is 10.6 Å². The molecule has 0 bridgehead atoms. The van der Waals surface area contributed by atoms with Crippen molar-refractivity contribution >= 4 is 17.5 Å². The Bertz CT molecular complexity index is 711. The highest BCUT2D eigenvalue weighted by Crippen LogP contribution is 2.11. The minimum absolute atomic E-state index is 0.188. The van der Waals surface area contributed by atoms with E-state index in [1.165, 1.54) is 0 Å². The molecule has 0 spiro atoms. The van der Waals surface area contributed by atoms with Gasteiger partial charge in [-0.2, -0.15) is 0 Å². The highest BCUT2D eigenvalue weighted by atomic mass is 16.2. The molecule has 0 atom stereocenters. The number of pyridine rings is 1. The van der Waals surface area contributed by atoms with Crippen molar-refractivity contribution in [3.8, 4) is 0 Å². The number of anilines is 1. The highest BCUT2D eigenvalue weighted by Gasteiger charge is 2.12. The highest BCUT2D eigenvalue weighted by molar-refractivity contribution is 6.03. The third kappa shape index (κ3) is 4.02. The molecule has 112 valence electrons. The van der Waals surface area contributed by atoms with Crippen LogP contribution in [0.2, 0.25) is 0 Å². The molecule has 0 aliphatic rings. The van der Waals surface area contributed by atoms with E-state index in [1.807, 2.05) is 25.1 Å². The van der Waals surface area contributed by atoms with E-state index in [0.717, 1.165) is 5.56 Å². The SMILES string of the molecule is C=CCNC(=O)c1cccc(C(=O)Nc2cccc(C)c2)n1. The van der Waals surface area contributed by atoms with Crippen molar-refractivity contribution in [1.29, 1.82) is 0 Å². The number of hydrogen-bond acceptors (Lipinski definition) is 3. The molecule has 2 aromatic rings. The van der Waals surface area contributed by atoms with Gasteiger partial charge in [-0.15, -0.1) is 6.58 Å². The average molecular weight is 295 g/mol. The molecule has 2 N–H and O–H groups in total. The molecule has 2 rings (SSSR count). The van der Waals surface area contributed by atoms with E-state index in [1.54, 1.807) is 30.3 Å². The molecule has 0 unspecified atom stereocenters. The Morgan fingerprint density at radius 2 is 1.82 bits per heavy atom. The van der Waals surface area contributed by atoms with Crippen molar-refractivity contribution < 1.29 is 9.59 Å². The number of carbonyl (C=O) groups excluding carboxylic acids is 2. The van der Waals surface area contributed by atoms with Gasteiger partial charge in [0.05, 0.1) is 0 Å². The van der Waals surface area contributed by atoms with E-state index in [2.05, 4.69) is 22.2 Å². The predicted octanol–water partition coefficient (Wildman–Crippen LogP) is 2.56. The normalized spacial score (nSPS) is 9.86. The number of amides is 2. The summed E-state index contributed by atoms with van der Waals surface area (Å²) in [5.41, 5.74) is 2.11. The van der Waals surface area contributed by atoms with Gasteiger partial charge in [-0.25, -0.2) is 4.98 Å². The van der Waals surface area contributed by atoms with Gasteiger partial charge in [-0.05, 0) is 36.8 Å². The molecule has 0 saturated heterocycles. The van der Waals surface area contributed by atoms with Crippen LogP contribution in [0.5, 0.6) is 0 Å². The summed E-state index contributed by atoms with van der Waals surface area (Å²) in [4.78, 5) is 28.1. The van der Waals surface area contributed by atoms with E-state index >= 15 is 0 Å². The van der Waals surface area contributed by atoms with Gasteiger partial charge >= 0.3 is 0 Å². The van der Waals surface area contributed by atoms with Crippen LogP contribution in [0.1, 0.15) is 26.5 Å². The second kappa shape index (κ2) is 7.17. The molecule has 0 saturated carbocycles. The van der Waals surface area contributed by atoms with Crippen molar-refractivity contribution in [3.63, 3.8) is 0 Å². The minimum atomic E-state index is -0.357. The zero-order chi connectivity index (χ0) is 15.9. The first kappa shape index (κ1) is 15.4. The molecule has 5 heteroatoms. The Hall–Kier alpha value is -2.95. The molecule has 0 fully saturated rings. The fraction of sp³-hybridized carbons (Fsp3) is 0.118. The van der Waals surface area contributed by atoms with Gasteiger partial charge in [0.15, 0.2) is 0 Å². The number of nitrogens with one attached hydrogen (secondary N) is 2. The topological polar surface area (TPSA) is 71.1 Å². The lowest BCUT2D eigenvalue weighted by molar-refractivity contribution is 0.0953. The van der Waals surface area contributed by atoms with Gasteiger partial charge in [-0.1, -0.05) is 24.3 Å². The van der Waals surface area contributed by atoms with Crippen LogP contribution in [-0.4, -0.2) is 23.3 Å². The summed E-state index contributed by atoms with van der Waals surface area (Å²) in [6.45, 7) is 5.82. The summed E-state index contributed by atoms with van der Waals surface area (Å²) in [5.74, 6) is -0.700. The zero-order valence-corrected chi connectivity index (χ0v) is 12.3. The molecule has 22 heavy (non-hydrogen) atoms. The van der Waals surface area contributed by atoms with Crippen molar-refractivity contribution in [2.24, 2.45) is 0 Å². The Morgan fingerprint density at radius 3 is 2.50 bits per heavy atom. The number of aromatic nitrogens is 1. The molecule has 0 aliphatic carbocycles. The second-order valence-corrected chi connectivity index (χ2v) is 4.73. The number of hydrogen-bond donors (Lipinski definition) is 2. The van der Waals surface area contributed by atoms with E-state index in [-0.39, 0.29) is 23.2 Å². The number of nitrogens with zero attached hydrogens (tertiary/aromatic N) is 1. The lowest BCUT2D eigenvalue weighted by atomic mass is 10.2. The first-order valence-electron chi connectivity index (χ1n) is 6.84.